The number of rotatable bonds is 3. The van der Waals surface area contributed by atoms with Crippen molar-refractivity contribution in [3.05, 3.63) is 29.3 Å². The molecule has 0 saturated heterocycles. The number of aliphatic hydroxyl groups is 1. The Labute approximate surface area is 115 Å². The largest absolute Gasteiger partial charge is 0.388 e. The first kappa shape index (κ1) is 14.1. The lowest BCUT2D eigenvalue weighted by molar-refractivity contribution is -0.122. The molecule has 1 aromatic carbocycles. The number of carbonyl (C=O) groups excluding carboxylic acids is 1. The van der Waals surface area contributed by atoms with E-state index in [-0.39, 0.29) is 11.8 Å². The van der Waals surface area contributed by atoms with E-state index in [9.17, 15) is 9.90 Å². The molecular weight excluding hydrogens is 238 g/mol. The van der Waals surface area contributed by atoms with Crippen molar-refractivity contribution < 1.29 is 9.90 Å². The van der Waals surface area contributed by atoms with E-state index in [4.69, 9.17) is 0 Å². The molecule has 3 heteroatoms. The van der Waals surface area contributed by atoms with Crippen molar-refractivity contribution >= 4 is 11.6 Å². The Morgan fingerprint density at radius 3 is 2.74 bits per heavy atom. The Bertz CT molecular complexity index is 466. The molecule has 0 fully saturated rings. The van der Waals surface area contributed by atoms with Crippen LogP contribution in [0.15, 0.2) is 18.2 Å². The van der Waals surface area contributed by atoms with Gasteiger partial charge in [0.05, 0.1) is 6.10 Å². The van der Waals surface area contributed by atoms with Crippen LogP contribution in [0.5, 0.6) is 0 Å². The maximum absolute atomic E-state index is 12.6. The second-order valence-corrected chi connectivity index (χ2v) is 5.37. The predicted molar refractivity (Wildman–Crippen MR) is 77.2 cm³/mol. The molecule has 3 nitrogen and oxygen atoms in total. The van der Waals surface area contributed by atoms with Crippen LogP contribution in [0.2, 0.25) is 0 Å². The molecule has 0 aliphatic carbocycles. The zero-order valence-corrected chi connectivity index (χ0v) is 12.0. The van der Waals surface area contributed by atoms with E-state index in [1.807, 2.05) is 30.0 Å². The molecule has 0 bridgehead atoms. The van der Waals surface area contributed by atoms with Gasteiger partial charge in [-0.3, -0.25) is 4.79 Å². The summed E-state index contributed by atoms with van der Waals surface area (Å²) in [6.07, 6.45) is 1.92. The predicted octanol–water partition coefficient (Wildman–Crippen LogP) is 3.20. The molecule has 104 valence electrons. The minimum absolute atomic E-state index is 0.0874. The third-order valence-corrected chi connectivity index (χ3v) is 4.06. The lowest BCUT2D eigenvalue weighted by atomic mass is 9.94. The minimum atomic E-state index is -0.444. The van der Waals surface area contributed by atoms with E-state index in [2.05, 4.69) is 13.8 Å². The van der Waals surface area contributed by atoms with Gasteiger partial charge in [0, 0.05) is 23.7 Å². The average Bonchev–Trinajstić information content (AvgIpc) is 2.41. The Hall–Kier alpha value is -1.35. The van der Waals surface area contributed by atoms with E-state index in [1.165, 1.54) is 0 Å². The van der Waals surface area contributed by atoms with Gasteiger partial charge in [-0.1, -0.05) is 31.5 Å². The summed E-state index contributed by atoms with van der Waals surface area (Å²) in [5, 5.41) is 10.1. The summed E-state index contributed by atoms with van der Waals surface area (Å²) >= 11 is 0. The number of amides is 1. The number of fused-ring (bicyclic) bond motifs is 1. The monoisotopic (exact) mass is 261 g/mol. The maximum atomic E-state index is 12.6. The number of anilines is 1. The summed E-state index contributed by atoms with van der Waals surface area (Å²) < 4.78 is 0. The Morgan fingerprint density at radius 2 is 2.11 bits per heavy atom. The number of benzene rings is 1. The third-order valence-electron chi connectivity index (χ3n) is 4.06. The summed E-state index contributed by atoms with van der Waals surface area (Å²) in [6.45, 7) is 6.74. The molecule has 1 N–H and O–H groups in total. The molecule has 1 unspecified atom stereocenters. The second kappa shape index (κ2) is 5.74. The van der Waals surface area contributed by atoms with Crippen LogP contribution >= 0.6 is 0 Å². The topological polar surface area (TPSA) is 40.5 Å². The number of hydrogen-bond donors (Lipinski definition) is 1. The second-order valence-electron chi connectivity index (χ2n) is 5.37. The highest BCUT2D eigenvalue weighted by atomic mass is 16.3. The van der Waals surface area contributed by atoms with Gasteiger partial charge in [-0.05, 0) is 32.3 Å². The van der Waals surface area contributed by atoms with Gasteiger partial charge in [0.25, 0.3) is 0 Å². The highest BCUT2D eigenvalue weighted by molar-refractivity contribution is 5.96. The van der Waals surface area contributed by atoms with Crippen LogP contribution in [-0.4, -0.2) is 17.6 Å². The molecule has 0 aromatic heterocycles. The molecule has 1 atom stereocenters. The van der Waals surface area contributed by atoms with Gasteiger partial charge in [-0.15, -0.1) is 0 Å². The molecule has 1 heterocycles. The van der Waals surface area contributed by atoms with Crippen molar-refractivity contribution in [2.24, 2.45) is 5.92 Å². The quantitative estimate of drug-likeness (QED) is 0.907. The smallest absolute Gasteiger partial charge is 0.230 e. The number of nitrogens with zero attached hydrogens (tertiary/aromatic N) is 1. The average molecular weight is 261 g/mol. The molecule has 1 aliphatic rings. The van der Waals surface area contributed by atoms with Crippen LogP contribution in [0.1, 0.15) is 50.3 Å². The van der Waals surface area contributed by atoms with Crippen LogP contribution in [0.3, 0.4) is 0 Å². The van der Waals surface area contributed by atoms with E-state index in [1.54, 1.807) is 0 Å². The fourth-order valence-electron chi connectivity index (χ4n) is 2.80. The van der Waals surface area contributed by atoms with Crippen LogP contribution in [0, 0.1) is 12.8 Å². The zero-order valence-electron chi connectivity index (χ0n) is 12.0. The lowest BCUT2D eigenvalue weighted by Crippen LogP contribution is -2.40. The van der Waals surface area contributed by atoms with Crippen LogP contribution < -0.4 is 4.90 Å². The Morgan fingerprint density at radius 1 is 1.42 bits per heavy atom. The molecule has 1 amide bonds. The van der Waals surface area contributed by atoms with Gasteiger partial charge >= 0.3 is 0 Å². The first-order chi connectivity index (χ1) is 9.08. The lowest BCUT2D eigenvalue weighted by Gasteiger charge is -2.34. The van der Waals surface area contributed by atoms with Crippen molar-refractivity contribution in [3.8, 4) is 0 Å². The molecular formula is C16H23NO2. The minimum Gasteiger partial charge on any atom is -0.388 e. The van der Waals surface area contributed by atoms with E-state index < -0.39 is 6.10 Å². The van der Waals surface area contributed by atoms with E-state index in [0.29, 0.717) is 13.0 Å². The summed E-state index contributed by atoms with van der Waals surface area (Å²) in [7, 11) is 0. The summed E-state index contributed by atoms with van der Waals surface area (Å²) in [5.74, 6) is 0.284. The van der Waals surface area contributed by atoms with Crippen molar-refractivity contribution in [2.75, 3.05) is 11.4 Å². The fourth-order valence-corrected chi connectivity index (χ4v) is 2.80. The Balaban J connectivity index is 2.35. The van der Waals surface area contributed by atoms with E-state index >= 15 is 0 Å². The molecule has 0 radical (unpaired) electrons. The standard InChI is InChI=1S/C16H23NO2/c1-4-12(5-2)16(19)17-9-8-15(18)13-10-11(3)6-7-14(13)17/h6-7,10,12,15,18H,4-5,8-9H2,1-3H3. The molecule has 0 spiro atoms. The van der Waals surface area contributed by atoms with Gasteiger partial charge in [0.2, 0.25) is 5.91 Å². The van der Waals surface area contributed by atoms with Crippen molar-refractivity contribution in [1.82, 2.24) is 0 Å². The molecule has 1 aliphatic heterocycles. The van der Waals surface area contributed by atoms with Crippen LogP contribution in [0.25, 0.3) is 0 Å². The fraction of sp³-hybridized carbons (Fsp3) is 0.562. The van der Waals surface area contributed by atoms with Crippen molar-refractivity contribution in [2.45, 2.75) is 46.1 Å². The molecule has 2 rings (SSSR count). The SMILES string of the molecule is CCC(CC)C(=O)N1CCC(O)c2cc(C)ccc21. The number of carbonyl (C=O) groups is 1. The van der Waals surface area contributed by atoms with Crippen LogP contribution in [0.4, 0.5) is 5.69 Å². The van der Waals surface area contributed by atoms with E-state index in [0.717, 1.165) is 29.7 Å². The van der Waals surface area contributed by atoms with Gasteiger partial charge in [-0.25, -0.2) is 0 Å². The molecule has 0 saturated carbocycles. The van der Waals surface area contributed by atoms with Crippen LogP contribution in [-0.2, 0) is 4.79 Å². The third kappa shape index (κ3) is 2.66. The zero-order chi connectivity index (χ0) is 14.0. The van der Waals surface area contributed by atoms with Gasteiger partial charge in [0.1, 0.15) is 0 Å². The molecule has 19 heavy (non-hydrogen) atoms. The number of aliphatic hydroxyl groups excluding tert-OH is 1. The highest BCUT2D eigenvalue weighted by Crippen LogP contribution is 2.35. The molecule has 1 aromatic rings. The first-order valence-electron chi connectivity index (χ1n) is 7.18. The van der Waals surface area contributed by atoms with Crippen molar-refractivity contribution in [1.29, 1.82) is 0 Å². The summed E-state index contributed by atoms with van der Waals surface area (Å²) in [4.78, 5) is 14.4. The number of hydrogen-bond acceptors (Lipinski definition) is 2. The van der Waals surface area contributed by atoms with Gasteiger partial charge in [-0.2, -0.15) is 0 Å². The highest BCUT2D eigenvalue weighted by Gasteiger charge is 2.30. The first-order valence-corrected chi connectivity index (χ1v) is 7.18. The van der Waals surface area contributed by atoms with Gasteiger partial charge < -0.3 is 10.0 Å². The van der Waals surface area contributed by atoms with Crippen molar-refractivity contribution in [3.63, 3.8) is 0 Å². The van der Waals surface area contributed by atoms with Gasteiger partial charge in [0.15, 0.2) is 0 Å². The summed E-state index contributed by atoms with van der Waals surface area (Å²) in [6, 6.07) is 5.96. The normalized spacial score (nSPS) is 18.6. The maximum Gasteiger partial charge on any atom is 0.230 e. The summed E-state index contributed by atoms with van der Waals surface area (Å²) in [5.41, 5.74) is 2.90. The number of aryl methyl sites for hydroxylation is 1. The Kier molecular flexibility index (Phi) is 4.25.